The van der Waals surface area contributed by atoms with Gasteiger partial charge in [-0.1, -0.05) is 6.07 Å². The van der Waals surface area contributed by atoms with Crippen LogP contribution in [0.4, 0.5) is 0 Å². The Balaban J connectivity index is 2.54. The number of carbonyl (C=O) groups is 1. The summed E-state index contributed by atoms with van der Waals surface area (Å²) in [5.41, 5.74) is 0.451. The van der Waals surface area contributed by atoms with Crippen molar-refractivity contribution in [3.63, 3.8) is 0 Å². The minimum atomic E-state index is -0.468. The number of carbonyl (C=O) groups excluding carboxylic acids is 1. The topological polar surface area (TPSA) is 48.4 Å². The van der Waals surface area contributed by atoms with Crippen molar-refractivity contribution in [2.75, 3.05) is 13.2 Å². The van der Waals surface area contributed by atoms with Gasteiger partial charge in [-0.25, -0.2) is 0 Å². The van der Waals surface area contributed by atoms with Crippen LogP contribution in [0.5, 0.6) is 0 Å². The lowest BCUT2D eigenvalue weighted by atomic mass is 10.2. The molecular weight excluding hydrogens is 206 g/mol. The van der Waals surface area contributed by atoms with Crippen LogP contribution in [0.15, 0.2) is 24.4 Å². The summed E-state index contributed by atoms with van der Waals surface area (Å²) < 4.78 is 10.6. The molecule has 0 saturated heterocycles. The molecule has 0 radical (unpaired) electrons. The number of hydrogen-bond donors (Lipinski definition) is 0. The Morgan fingerprint density at radius 1 is 1.31 bits per heavy atom. The van der Waals surface area contributed by atoms with E-state index in [1.54, 1.807) is 24.4 Å². The van der Waals surface area contributed by atoms with Crippen molar-refractivity contribution < 1.29 is 14.3 Å². The Morgan fingerprint density at radius 2 is 2.00 bits per heavy atom. The highest BCUT2D eigenvalue weighted by atomic mass is 16.7. The zero-order valence-electron chi connectivity index (χ0n) is 9.68. The summed E-state index contributed by atoms with van der Waals surface area (Å²) in [5.74, 6) is -0.0625. The van der Waals surface area contributed by atoms with E-state index in [4.69, 9.17) is 9.47 Å². The molecule has 0 aliphatic heterocycles. The fraction of sp³-hybridized carbons (Fsp3) is 0.500. The van der Waals surface area contributed by atoms with E-state index >= 15 is 0 Å². The van der Waals surface area contributed by atoms with Gasteiger partial charge in [0.05, 0.1) is 6.42 Å². The minimum absolute atomic E-state index is 0.0625. The molecule has 4 nitrogen and oxygen atoms in total. The monoisotopic (exact) mass is 223 g/mol. The molecule has 0 saturated carbocycles. The molecule has 0 bridgehead atoms. The fourth-order valence-electron chi connectivity index (χ4n) is 1.32. The van der Waals surface area contributed by atoms with Crippen LogP contribution in [-0.4, -0.2) is 30.3 Å². The molecule has 0 aliphatic carbocycles. The van der Waals surface area contributed by atoms with Gasteiger partial charge in [0.25, 0.3) is 0 Å². The maximum Gasteiger partial charge on any atom is 0.186 e. The van der Waals surface area contributed by atoms with Gasteiger partial charge >= 0.3 is 0 Å². The van der Waals surface area contributed by atoms with E-state index in [1.807, 2.05) is 13.8 Å². The van der Waals surface area contributed by atoms with E-state index in [-0.39, 0.29) is 12.2 Å². The molecule has 1 aromatic rings. The standard InChI is InChI=1S/C12H17NO3/c1-3-15-12(16-4-2)9-11(14)10-7-5-6-8-13-10/h5-8,12H,3-4,9H2,1-2H3. The van der Waals surface area contributed by atoms with E-state index in [2.05, 4.69) is 4.98 Å². The summed E-state index contributed by atoms with van der Waals surface area (Å²) in [5, 5.41) is 0. The van der Waals surface area contributed by atoms with Crippen LogP contribution in [0.25, 0.3) is 0 Å². The van der Waals surface area contributed by atoms with Gasteiger partial charge in [-0.3, -0.25) is 9.78 Å². The SMILES string of the molecule is CCOC(CC(=O)c1ccccn1)OCC. The predicted molar refractivity (Wildman–Crippen MR) is 60.2 cm³/mol. The molecule has 88 valence electrons. The molecule has 1 aromatic heterocycles. The maximum absolute atomic E-state index is 11.8. The van der Waals surface area contributed by atoms with Crippen LogP contribution in [-0.2, 0) is 9.47 Å². The average molecular weight is 223 g/mol. The second-order valence-electron chi connectivity index (χ2n) is 3.18. The van der Waals surface area contributed by atoms with Gasteiger partial charge < -0.3 is 9.47 Å². The quantitative estimate of drug-likeness (QED) is 0.524. The number of ketones is 1. The Kier molecular flexibility index (Phi) is 5.67. The second-order valence-corrected chi connectivity index (χ2v) is 3.18. The predicted octanol–water partition coefficient (Wildman–Crippen LogP) is 2.05. The third-order valence-electron chi connectivity index (χ3n) is 2.01. The smallest absolute Gasteiger partial charge is 0.186 e. The summed E-state index contributed by atoms with van der Waals surface area (Å²) in [7, 11) is 0. The molecule has 0 amide bonds. The summed E-state index contributed by atoms with van der Waals surface area (Å²) in [4.78, 5) is 15.8. The van der Waals surface area contributed by atoms with Gasteiger partial charge in [-0.15, -0.1) is 0 Å². The second kappa shape index (κ2) is 7.09. The highest BCUT2D eigenvalue weighted by Gasteiger charge is 2.15. The summed E-state index contributed by atoms with van der Waals surface area (Å²) in [6.07, 6.45) is 1.34. The van der Waals surface area contributed by atoms with Crippen LogP contribution in [0, 0.1) is 0 Å². The molecule has 0 aliphatic rings. The third kappa shape index (κ3) is 4.08. The van der Waals surface area contributed by atoms with Crippen molar-refractivity contribution in [3.05, 3.63) is 30.1 Å². The molecule has 0 spiro atoms. The molecular formula is C12H17NO3. The van der Waals surface area contributed by atoms with Crippen molar-refractivity contribution in [3.8, 4) is 0 Å². The van der Waals surface area contributed by atoms with Gasteiger partial charge in [0.2, 0.25) is 0 Å². The van der Waals surface area contributed by atoms with Gasteiger partial charge in [-0.2, -0.15) is 0 Å². The maximum atomic E-state index is 11.8. The zero-order valence-corrected chi connectivity index (χ0v) is 9.68. The number of hydrogen-bond acceptors (Lipinski definition) is 4. The first kappa shape index (κ1) is 12.8. The normalized spacial score (nSPS) is 10.7. The van der Waals surface area contributed by atoms with Crippen LogP contribution in [0.1, 0.15) is 30.8 Å². The molecule has 1 heterocycles. The van der Waals surface area contributed by atoms with Crippen LogP contribution < -0.4 is 0 Å². The number of aromatic nitrogens is 1. The first-order valence-electron chi connectivity index (χ1n) is 5.45. The Bertz CT molecular complexity index is 307. The average Bonchev–Trinajstić information content (AvgIpc) is 2.31. The summed E-state index contributed by atoms with van der Waals surface area (Å²) >= 11 is 0. The Morgan fingerprint density at radius 3 is 2.50 bits per heavy atom. The van der Waals surface area contributed by atoms with E-state index < -0.39 is 6.29 Å². The van der Waals surface area contributed by atoms with Gasteiger partial charge in [-0.05, 0) is 26.0 Å². The number of pyridine rings is 1. The number of ether oxygens (including phenoxy) is 2. The lowest BCUT2D eigenvalue weighted by molar-refractivity contribution is -0.133. The molecule has 0 N–H and O–H groups in total. The third-order valence-corrected chi connectivity index (χ3v) is 2.01. The number of Topliss-reactive ketones (excluding diaryl/α,β-unsaturated/α-hetero) is 1. The van der Waals surface area contributed by atoms with Gasteiger partial charge in [0.15, 0.2) is 12.1 Å². The molecule has 0 aromatic carbocycles. The number of nitrogens with zero attached hydrogens (tertiary/aromatic N) is 1. The summed E-state index contributed by atoms with van der Waals surface area (Å²) in [6, 6.07) is 5.26. The fourth-order valence-corrected chi connectivity index (χ4v) is 1.32. The highest BCUT2D eigenvalue weighted by Crippen LogP contribution is 2.07. The molecule has 4 heteroatoms. The lowest BCUT2D eigenvalue weighted by Gasteiger charge is -2.15. The van der Waals surface area contributed by atoms with Gasteiger partial charge in [0.1, 0.15) is 5.69 Å². The lowest BCUT2D eigenvalue weighted by Crippen LogP contribution is -2.21. The van der Waals surface area contributed by atoms with Crippen molar-refractivity contribution in [2.24, 2.45) is 0 Å². The summed E-state index contributed by atoms with van der Waals surface area (Å²) in [6.45, 7) is 4.80. The van der Waals surface area contributed by atoms with E-state index in [1.165, 1.54) is 0 Å². The van der Waals surface area contributed by atoms with E-state index in [9.17, 15) is 4.79 Å². The largest absolute Gasteiger partial charge is 0.352 e. The van der Waals surface area contributed by atoms with Crippen molar-refractivity contribution in [1.82, 2.24) is 4.98 Å². The van der Waals surface area contributed by atoms with Crippen molar-refractivity contribution in [2.45, 2.75) is 26.6 Å². The first-order chi connectivity index (χ1) is 7.77. The van der Waals surface area contributed by atoms with E-state index in [0.29, 0.717) is 18.9 Å². The van der Waals surface area contributed by atoms with Crippen molar-refractivity contribution in [1.29, 1.82) is 0 Å². The first-order valence-corrected chi connectivity index (χ1v) is 5.45. The molecule has 1 rings (SSSR count). The zero-order chi connectivity index (χ0) is 11.8. The van der Waals surface area contributed by atoms with Crippen molar-refractivity contribution >= 4 is 5.78 Å². The van der Waals surface area contributed by atoms with Crippen LogP contribution in [0.2, 0.25) is 0 Å². The Labute approximate surface area is 95.6 Å². The van der Waals surface area contributed by atoms with Crippen LogP contribution in [0.3, 0.4) is 0 Å². The van der Waals surface area contributed by atoms with Gasteiger partial charge in [0, 0.05) is 19.4 Å². The highest BCUT2D eigenvalue weighted by molar-refractivity contribution is 5.94. The minimum Gasteiger partial charge on any atom is -0.352 e. The molecule has 16 heavy (non-hydrogen) atoms. The number of rotatable bonds is 7. The Hall–Kier alpha value is -1.26. The molecule has 0 atom stereocenters. The van der Waals surface area contributed by atoms with Crippen LogP contribution >= 0.6 is 0 Å². The van der Waals surface area contributed by atoms with E-state index in [0.717, 1.165) is 0 Å². The molecule has 0 unspecified atom stereocenters. The molecule has 0 fully saturated rings.